The maximum absolute atomic E-state index is 10.1. The topological polar surface area (TPSA) is 195 Å². The first kappa shape index (κ1) is 18.9. The molecule has 2 heterocycles. The van der Waals surface area contributed by atoms with Crippen LogP contribution in [0.25, 0.3) is 0 Å². The Morgan fingerprint density at radius 1 is 0.783 bits per heavy atom. The molecule has 2 saturated heterocycles. The summed E-state index contributed by atoms with van der Waals surface area (Å²) in [6, 6.07) is -1.23. The van der Waals surface area contributed by atoms with Crippen LogP contribution < -0.4 is 5.73 Å². The molecule has 0 bridgehead atoms. The normalized spacial score (nSPS) is 51.7. The minimum Gasteiger partial charge on any atom is -0.394 e. The van der Waals surface area contributed by atoms with Gasteiger partial charge in [-0.2, -0.15) is 0 Å². The third-order valence-electron chi connectivity index (χ3n) is 4.06. The van der Waals surface area contributed by atoms with E-state index in [1.54, 1.807) is 0 Å². The Morgan fingerprint density at radius 2 is 1.39 bits per heavy atom. The Balaban J connectivity index is 2.11. The van der Waals surface area contributed by atoms with Crippen molar-refractivity contribution in [2.24, 2.45) is 5.73 Å². The minimum absolute atomic E-state index is 0.622. The van der Waals surface area contributed by atoms with Crippen LogP contribution in [-0.4, -0.2) is 110 Å². The Bertz CT molecular complexity index is 383. The molecule has 11 heteroatoms. The third kappa shape index (κ3) is 3.65. The predicted octanol–water partition coefficient (Wildman–Crippen LogP) is -5.43. The van der Waals surface area contributed by atoms with Crippen molar-refractivity contribution in [1.29, 1.82) is 0 Å². The Labute approximate surface area is 131 Å². The molecule has 0 amide bonds. The Morgan fingerprint density at radius 3 is 1.96 bits per heavy atom. The van der Waals surface area contributed by atoms with Gasteiger partial charge in [0, 0.05) is 0 Å². The molecule has 9 N–H and O–H groups in total. The lowest BCUT2D eigenvalue weighted by atomic mass is 9.96. The number of ether oxygens (including phenoxy) is 3. The standard InChI is InChI=1S/C12H23NO10/c13-5-7(17)10(4(2-15)21-11(5)20)23-12-9(19)8(18)6(16)3(1-14)22-12/h3-12,14-20H,1-2,13H2/t3-,4-,5+,6-,7-,8+,9-,10-,11+,12+/m1/s1. The smallest absolute Gasteiger partial charge is 0.187 e. The van der Waals surface area contributed by atoms with E-state index in [-0.39, 0.29) is 0 Å². The number of hydrogen-bond acceptors (Lipinski definition) is 11. The van der Waals surface area contributed by atoms with Gasteiger partial charge in [0.15, 0.2) is 12.6 Å². The molecule has 2 aliphatic heterocycles. The Hall–Kier alpha value is -0.440. The summed E-state index contributed by atoms with van der Waals surface area (Å²) in [5.41, 5.74) is 5.55. The molecule has 2 fully saturated rings. The number of aliphatic hydroxyl groups is 7. The van der Waals surface area contributed by atoms with E-state index in [1.807, 2.05) is 0 Å². The van der Waals surface area contributed by atoms with Crippen LogP contribution in [0, 0.1) is 0 Å². The number of aliphatic hydroxyl groups excluding tert-OH is 7. The number of nitrogens with two attached hydrogens (primary N) is 1. The minimum atomic E-state index is -1.68. The zero-order valence-corrected chi connectivity index (χ0v) is 12.1. The Kier molecular flexibility index (Phi) is 6.27. The van der Waals surface area contributed by atoms with Crippen molar-refractivity contribution in [3.8, 4) is 0 Å². The highest BCUT2D eigenvalue weighted by molar-refractivity contribution is 4.94. The fourth-order valence-corrected chi connectivity index (χ4v) is 2.60. The molecule has 136 valence electrons. The summed E-state index contributed by atoms with van der Waals surface area (Å²) in [5.74, 6) is 0. The summed E-state index contributed by atoms with van der Waals surface area (Å²) in [6.07, 6.45) is -13.0. The first-order valence-electron chi connectivity index (χ1n) is 7.15. The van der Waals surface area contributed by atoms with Gasteiger partial charge in [-0.15, -0.1) is 0 Å². The van der Waals surface area contributed by atoms with Gasteiger partial charge in [-0.3, -0.25) is 0 Å². The molecule has 0 aromatic heterocycles. The molecule has 2 aliphatic rings. The monoisotopic (exact) mass is 341 g/mol. The van der Waals surface area contributed by atoms with Crippen LogP contribution in [0.2, 0.25) is 0 Å². The molecule has 23 heavy (non-hydrogen) atoms. The maximum atomic E-state index is 10.1. The first-order chi connectivity index (χ1) is 10.8. The van der Waals surface area contributed by atoms with Gasteiger partial charge in [0.25, 0.3) is 0 Å². The molecule has 10 atom stereocenters. The van der Waals surface area contributed by atoms with Crippen LogP contribution in [0.5, 0.6) is 0 Å². The van der Waals surface area contributed by atoms with Crippen molar-refractivity contribution in [3.63, 3.8) is 0 Å². The molecule has 11 nitrogen and oxygen atoms in total. The van der Waals surface area contributed by atoms with E-state index < -0.39 is 74.6 Å². The second kappa shape index (κ2) is 7.63. The van der Waals surface area contributed by atoms with Gasteiger partial charge in [-0.25, -0.2) is 0 Å². The first-order valence-corrected chi connectivity index (χ1v) is 7.15. The summed E-state index contributed by atoms with van der Waals surface area (Å²) in [5, 5.41) is 67.3. The van der Waals surface area contributed by atoms with Crippen molar-refractivity contribution in [2.45, 2.75) is 61.3 Å². The molecule has 2 rings (SSSR count). The summed E-state index contributed by atoms with van der Waals surface area (Å²) < 4.78 is 15.5. The highest BCUT2D eigenvalue weighted by Gasteiger charge is 2.49. The van der Waals surface area contributed by atoms with Crippen LogP contribution in [0.4, 0.5) is 0 Å². The van der Waals surface area contributed by atoms with Crippen molar-refractivity contribution >= 4 is 0 Å². The summed E-state index contributed by atoms with van der Waals surface area (Å²) >= 11 is 0. The molecule has 0 saturated carbocycles. The zero-order chi connectivity index (χ0) is 17.3. The van der Waals surface area contributed by atoms with Gasteiger partial charge in [0.05, 0.1) is 19.3 Å². The molecule has 0 radical (unpaired) electrons. The van der Waals surface area contributed by atoms with Crippen molar-refractivity contribution in [3.05, 3.63) is 0 Å². The highest BCUT2D eigenvalue weighted by Crippen LogP contribution is 2.27. The number of rotatable bonds is 4. The van der Waals surface area contributed by atoms with Crippen LogP contribution in [0.15, 0.2) is 0 Å². The highest BCUT2D eigenvalue weighted by atomic mass is 16.7. The lowest BCUT2D eigenvalue weighted by Gasteiger charge is -2.45. The quantitative estimate of drug-likeness (QED) is 0.243. The van der Waals surface area contributed by atoms with E-state index in [9.17, 15) is 30.6 Å². The third-order valence-corrected chi connectivity index (χ3v) is 4.06. The second-order valence-electron chi connectivity index (χ2n) is 5.61. The second-order valence-corrected chi connectivity index (χ2v) is 5.61. The molecule has 0 aromatic rings. The lowest BCUT2D eigenvalue weighted by Crippen LogP contribution is -2.66. The van der Waals surface area contributed by atoms with Gasteiger partial charge in [-0.05, 0) is 0 Å². The number of hydrogen-bond donors (Lipinski definition) is 8. The van der Waals surface area contributed by atoms with Crippen LogP contribution in [0.3, 0.4) is 0 Å². The molecule has 0 aliphatic carbocycles. The fraction of sp³-hybridized carbons (Fsp3) is 1.00. The van der Waals surface area contributed by atoms with Crippen LogP contribution in [0.1, 0.15) is 0 Å². The van der Waals surface area contributed by atoms with Gasteiger partial charge in [0.2, 0.25) is 0 Å². The van der Waals surface area contributed by atoms with E-state index in [4.69, 9.17) is 25.1 Å². The van der Waals surface area contributed by atoms with E-state index in [1.165, 1.54) is 0 Å². The SMILES string of the molecule is N[C@H]1[C@@H](O)[C@H](O[C@@H]2O[C@H](CO)[C@@H](O)[C@H](O)[C@H]2O)[C@@H](CO)O[C@@H]1O. The average Bonchev–Trinajstić information content (AvgIpc) is 2.55. The van der Waals surface area contributed by atoms with Crippen molar-refractivity contribution in [1.82, 2.24) is 0 Å². The molecular formula is C12H23NO10. The van der Waals surface area contributed by atoms with E-state index in [0.717, 1.165) is 0 Å². The van der Waals surface area contributed by atoms with Gasteiger partial charge in [-0.1, -0.05) is 0 Å². The van der Waals surface area contributed by atoms with Gasteiger partial charge < -0.3 is 55.7 Å². The zero-order valence-electron chi connectivity index (χ0n) is 12.1. The van der Waals surface area contributed by atoms with Crippen LogP contribution in [-0.2, 0) is 14.2 Å². The predicted molar refractivity (Wildman–Crippen MR) is 70.6 cm³/mol. The molecular weight excluding hydrogens is 318 g/mol. The fourth-order valence-electron chi connectivity index (χ4n) is 2.60. The summed E-state index contributed by atoms with van der Waals surface area (Å²) in [7, 11) is 0. The summed E-state index contributed by atoms with van der Waals surface area (Å²) in [6.45, 7) is -1.26. The van der Waals surface area contributed by atoms with E-state index in [0.29, 0.717) is 0 Å². The largest absolute Gasteiger partial charge is 0.394 e. The lowest BCUT2D eigenvalue weighted by molar-refractivity contribution is -0.344. The van der Waals surface area contributed by atoms with Gasteiger partial charge >= 0.3 is 0 Å². The van der Waals surface area contributed by atoms with Crippen LogP contribution >= 0.6 is 0 Å². The average molecular weight is 341 g/mol. The van der Waals surface area contributed by atoms with Gasteiger partial charge in [0.1, 0.15) is 42.7 Å². The summed E-state index contributed by atoms with van der Waals surface area (Å²) in [4.78, 5) is 0. The maximum Gasteiger partial charge on any atom is 0.187 e. The van der Waals surface area contributed by atoms with Crippen molar-refractivity contribution < 1.29 is 50.0 Å². The molecule has 0 aromatic carbocycles. The van der Waals surface area contributed by atoms with Crippen molar-refractivity contribution in [2.75, 3.05) is 13.2 Å². The molecule has 0 spiro atoms. The van der Waals surface area contributed by atoms with E-state index in [2.05, 4.69) is 0 Å². The van der Waals surface area contributed by atoms with E-state index >= 15 is 0 Å². The molecule has 0 unspecified atom stereocenters.